The molecule has 0 radical (unpaired) electrons. The van der Waals surface area contributed by atoms with Crippen molar-refractivity contribution in [2.75, 3.05) is 0 Å². The second kappa shape index (κ2) is 10.8. The van der Waals surface area contributed by atoms with E-state index in [0.29, 0.717) is 0 Å². The lowest BCUT2D eigenvalue weighted by Gasteiger charge is -2.39. The van der Waals surface area contributed by atoms with E-state index in [1.165, 1.54) is 32.1 Å². The van der Waals surface area contributed by atoms with Crippen molar-refractivity contribution in [2.24, 2.45) is 4.99 Å². The van der Waals surface area contributed by atoms with Gasteiger partial charge in [-0.3, -0.25) is 4.99 Å². The van der Waals surface area contributed by atoms with Crippen LogP contribution in [-0.4, -0.2) is 11.3 Å². The molecule has 1 aliphatic rings. The molecule has 28 heavy (non-hydrogen) atoms. The largest absolute Gasteiger partial charge is 0.379 e. The molecule has 1 saturated carbocycles. The van der Waals surface area contributed by atoms with Gasteiger partial charge >= 0.3 is 0 Å². The molecule has 150 valence electrons. The highest BCUT2D eigenvalue weighted by molar-refractivity contribution is 6.00. The van der Waals surface area contributed by atoms with Gasteiger partial charge in [0.2, 0.25) is 0 Å². The van der Waals surface area contributed by atoms with Crippen molar-refractivity contribution in [3.63, 3.8) is 0 Å². The molecule has 0 aliphatic heterocycles. The van der Waals surface area contributed by atoms with Gasteiger partial charge in [-0.05, 0) is 45.6 Å². The summed E-state index contributed by atoms with van der Waals surface area (Å²) in [6.45, 7) is 12.8. The van der Waals surface area contributed by atoms with Gasteiger partial charge in [-0.2, -0.15) is 0 Å². The van der Waals surface area contributed by atoms with Gasteiger partial charge in [0.25, 0.3) is 0 Å². The first kappa shape index (κ1) is 21.9. The maximum Gasteiger partial charge on any atom is 0.0735 e. The van der Waals surface area contributed by atoms with Crippen LogP contribution >= 0.6 is 0 Å². The van der Waals surface area contributed by atoms with Gasteiger partial charge in [0, 0.05) is 16.8 Å². The van der Waals surface area contributed by atoms with Crippen LogP contribution in [0.15, 0.2) is 77.5 Å². The lowest BCUT2D eigenvalue weighted by Crippen LogP contribution is -2.46. The van der Waals surface area contributed by atoms with E-state index in [-0.39, 0.29) is 5.54 Å². The topological polar surface area (TPSA) is 24.4 Å². The Morgan fingerprint density at radius 1 is 1.11 bits per heavy atom. The van der Waals surface area contributed by atoms with E-state index >= 15 is 0 Å². The predicted octanol–water partition coefficient (Wildman–Crippen LogP) is 7.23. The predicted molar refractivity (Wildman–Crippen MR) is 124 cm³/mol. The highest BCUT2D eigenvalue weighted by atomic mass is 15.0. The van der Waals surface area contributed by atoms with Gasteiger partial charge in [0.15, 0.2) is 0 Å². The Labute approximate surface area is 171 Å². The third-order valence-corrected chi connectivity index (χ3v) is 5.69. The van der Waals surface area contributed by atoms with E-state index in [1.54, 1.807) is 0 Å². The van der Waals surface area contributed by atoms with E-state index in [0.717, 1.165) is 34.7 Å². The van der Waals surface area contributed by atoms with Crippen LogP contribution in [0.3, 0.4) is 0 Å². The zero-order valence-corrected chi connectivity index (χ0v) is 18.1. The Morgan fingerprint density at radius 2 is 1.79 bits per heavy atom. The van der Waals surface area contributed by atoms with Crippen LogP contribution in [0.25, 0.3) is 5.70 Å². The summed E-state index contributed by atoms with van der Waals surface area (Å²) in [5, 5.41) is 3.75. The molecule has 2 nitrogen and oxygen atoms in total. The van der Waals surface area contributed by atoms with E-state index in [4.69, 9.17) is 4.99 Å². The summed E-state index contributed by atoms with van der Waals surface area (Å²) in [6, 6.07) is 10.4. The van der Waals surface area contributed by atoms with Crippen molar-refractivity contribution >= 4 is 11.4 Å². The van der Waals surface area contributed by atoms with Crippen molar-refractivity contribution < 1.29 is 0 Å². The zero-order chi connectivity index (χ0) is 20.4. The highest BCUT2D eigenvalue weighted by Crippen LogP contribution is 2.32. The van der Waals surface area contributed by atoms with Crippen LogP contribution in [0.5, 0.6) is 0 Å². The Hall–Kier alpha value is -2.35. The molecule has 0 aromatic heterocycles. The van der Waals surface area contributed by atoms with E-state index in [1.807, 2.05) is 25.1 Å². The average molecular weight is 377 g/mol. The molecular weight excluding hydrogens is 340 g/mol. The number of nitrogens with one attached hydrogen (secondary N) is 1. The van der Waals surface area contributed by atoms with Crippen molar-refractivity contribution in [1.29, 1.82) is 0 Å². The van der Waals surface area contributed by atoms with Crippen LogP contribution in [0, 0.1) is 0 Å². The van der Waals surface area contributed by atoms with Crippen LogP contribution < -0.4 is 5.32 Å². The molecule has 1 aromatic carbocycles. The minimum Gasteiger partial charge on any atom is -0.379 e. The molecule has 0 saturated heterocycles. The molecule has 0 heterocycles. The first-order chi connectivity index (χ1) is 13.5. The summed E-state index contributed by atoms with van der Waals surface area (Å²) in [4.78, 5) is 5.02. The minimum absolute atomic E-state index is 0.184. The molecule has 2 rings (SSSR count). The summed E-state index contributed by atoms with van der Waals surface area (Å²) in [6.07, 6.45) is 15.8. The van der Waals surface area contributed by atoms with Gasteiger partial charge in [0.1, 0.15) is 0 Å². The molecule has 0 spiro atoms. The van der Waals surface area contributed by atoms with Crippen LogP contribution in [0.2, 0.25) is 0 Å². The Balaban J connectivity index is 2.31. The standard InChI is InChI=1S/C26H36N2/c1-6-8-11-16-21(3)25(24-17-12-9-13-18-24)27-22(4)23(5)28-26(7-2)19-14-10-15-20-26/h6,8-9,11-13,16-18,28H,5,7,10,14-15,19-20H2,1-4H3/b8-6-,16-11-,25-21+,27-22?. The number of rotatable bonds is 8. The molecule has 1 aromatic rings. The maximum absolute atomic E-state index is 5.02. The summed E-state index contributed by atoms with van der Waals surface area (Å²) in [5.74, 6) is 0. The van der Waals surface area contributed by atoms with Crippen LogP contribution in [0.4, 0.5) is 0 Å². The average Bonchev–Trinajstić information content (AvgIpc) is 2.73. The minimum atomic E-state index is 0.184. The second-order valence-corrected chi connectivity index (χ2v) is 7.78. The Kier molecular flexibility index (Phi) is 8.50. The molecule has 0 unspecified atom stereocenters. The van der Waals surface area contributed by atoms with Crippen molar-refractivity contribution in [2.45, 2.75) is 71.8 Å². The molecule has 1 aliphatic carbocycles. The van der Waals surface area contributed by atoms with E-state index in [9.17, 15) is 0 Å². The zero-order valence-electron chi connectivity index (χ0n) is 18.1. The van der Waals surface area contributed by atoms with Crippen LogP contribution in [-0.2, 0) is 0 Å². The second-order valence-electron chi connectivity index (χ2n) is 7.78. The number of allylic oxidation sites excluding steroid dienone is 6. The first-order valence-corrected chi connectivity index (χ1v) is 10.6. The summed E-state index contributed by atoms with van der Waals surface area (Å²) < 4.78 is 0. The lowest BCUT2D eigenvalue weighted by molar-refractivity contribution is 0.245. The molecule has 0 bridgehead atoms. The molecule has 1 fully saturated rings. The van der Waals surface area contributed by atoms with Crippen molar-refractivity contribution in [3.8, 4) is 0 Å². The van der Waals surface area contributed by atoms with Gasteiger partial charge < -0.3 is 5.32 Å². The third kappa shape index (κ3) is 6.09. The molecule has 2 heteroatoms. The fraction of sp³-hybridized carbons (Fsp3) is 0.423. The number of benzene rings is 1. The SMILES string of the molecule is C=C(NC1(CC)CCCCC1)C(C)=N/C(=C(C)/C=C\C=C/C)c1ccccc1. The quantitative estimate of drug-likeness (QED) is 0.375. The van der Waals surface area contributed by atoms with Gasteiger partial charge in [-0.1, -0.05) is 87.4 Å². The van der Waals surface area contributed by atoms with E-state index in [2.05, 4.69) is 69.1 Å². The normalized spacial score (nSPS) is 18.4. The van der Waals surface area contributed by atoms with Crippen molar-refractivity contribution in [1.82, 2.24) is 5.32 Å². The van der Waals surface area contributed by atoms with Gasteiger partial charge in [-0.25, -0.2) is 0 Å². The Bertz CT molecular complexity index is 757. The summed E-state index contributed by atoms with van der Waals surface area (Å²) >= 11 is 0. The van der Waals surface area contributed by atoms with Crippen LogP contribution in [0.1, 0.15) is 71.8 Å². The first-order valence-electron chi connectivity index (χ1n) is 10.6. The van der Waals surface area contributed by atoms with Crippen molar-refractivity contribution in [3.05, 3.63) is 78.0 Å². The molecule has 0 atom stereocenters. The number of nitrogens with zero attached hydrogens (tertiary/aromatic N) is 1. The lowest BCUT2D eigenvalue weighted by atomic mass is 9.79. The summed E-state index contributed by atoms with van der Waals surface area (Å²) in [5.41, 5.74) is 5.35. The summed E-state index contributed by atoms with van der Waals surface area (Å²) in [7, 11) is 0. The monoisotopic (exact) mass is 376 g/mol. The smallest absolute Gasteiger partial charge is 0.0735 e. The molecular formula is C26H36N2. The van der Waals surface area contributed by atoms with Gasteiger partial charge in [0.05, 0.1) is 11.4 Å². The van der Waals surface area contributed by atoms with E-state index < -0.39 is 0 Å². The molecule has 1 N–H and O–H groups in total. The molecule has 0 amide bonds. The maximum atomic E-state index is 5.02. The Morgan fingerprint density at radius 3 is 2.39 bits per heavy atom. The highest BCUT2D eigenvalue weighted by Gasteiger charge is 2.30. The number of aliphatic imine (C=N–C) groups is 1. The number of hydrogen-bond acceptors (Lipinski definition) is 2. The fourth-order valence-electron chi connectivity index (χ4n) is 3.81. The van der Waals surface area contributed by atoms with Gasteiger partial charge in [-0.15, -0.1) is 0 Å². The number of hydrogen-bond donors (Lipinski definition) is 1. The fourth-order valence-corrected chi connectivity index (χ4v) is 3.81. The third-order valence-electron chi connectivity index (χ3n) is 5.69.